The average molecular weight is 469 g/mol. The molecule has 2 saturated heterocycles. The number of hydrogen-bond donors (Lipinski definition) is 2. The molecule has 2 aromatic rings. The van der Waals surface area contributed by atoms with E-state index in [4.69, 9.17) is 4.74 Å². The van der Waals surface area contributed by atoms with E-state index in [0.29, 0.717) is 17.2 Å². The van der Waals surface area contributed by atoms with Gasteiger partial charge in [0.1, 0.15) is 17.1 Å². The van der Waals surface area contributed by atoms with Crippen molar-refractivity contribution in [3.8, 4) is 5.75 Å². The summed E-state index contributed by atoms with van der Waals surface area (Å²) in [7, 11) is 1.55. The Balaban J connectivity index is 1.28. The molecule has 1 unspecified atom stereocenters. The molecule has 2 aromatic carbocycles. The van der Waals surface area contributed by atoms with Crippen molar-refractivity contribution in [1.82, 2.24) is 20.7 Å². The van der Waals surface area contributed by atoms with Crippen LogP contribution >= 0.6 is 0 Å². The minimum Gasteiger partial charge on any atom is -0.497 e. The Bertz CT molecular complexity index is 1050. The molecule has 0 radical (unpaired) electrons. The second-order valence-electron chi connectivity index (χ2n) is 9.01. The van der Waals surface area contributed by atoms with Crippen molar-refractivity contribution in [1.29, 1.82) is 0 Å². The van der Waals surface area contributed by atoms with Crippen molar-refractivity contribution in [2.45, 2.75) is 31.7 Å². The average Bonchev–Trinajstić information content (AvgIpc) is 3.05. The zero-order valence-corrected chi connectivity index (χ0v) is 19.3. The highest BCUT2D eigenvalue weighted by atomic mass is 19.1. The van der Waals surface area contributed by atoms with Gasteiger partial charge in [-0.2, -0.15) is 5.01 Å². The van der Waals surface area contributed by atoms with E-state index in [1.165, 1.54) is 12.1 Å². The summed E-state index contributed by atoms with van der Waals surface area (Å²) < 4.78 is 18.2. The van der Waals surface area contributed by atoms with Crippen molar-refractivity contribution < 1.29 is 23.5 Å². The lowest BCUT2D eigenvalue weighted by Crippen LogP contribution is -2.51. The molecule has 8 nitrogen and oxygen atoms in total. The summed E-state index contributed by atoms with van der Waals surface area (Å²) in [5, 5.41) is 3.43. The maximum Gasteiger partial charge on any atom is 0.344 e. The Morgan fingerprint density at radius 1 is 1.12 bits per heavy atom. The lowest BCUT2D eigenvalue weighted by Gasteiger charge is -2.31. The molecule has 2 heterocycles. The molecule has 4 amide bonds. The molecule has 0 spiro atoms. The summed E-state index contributed by atoms with van der Waals surface area (Å²) in [5.41, 5.74) is 2.88. The third-order valence-electron chi connectivity index (χ3n) is 6.61. The summed E-state index contributed by atoms with van der Waals surface area (Å²) in [5.74, 6) is -0.0934. The van der Waals surface area contributed by atoms with Gasteiger partial charge in [0.05, 0.1) is 13.7 Å². The molecule has 34 heavy (non-hydrogen) atoms. The molecule has 0 bridgehead atoms. The Hall–Kier alpha value is -3.46. The normalized spacial score (nSPS) is 21.4. The highest BCUT2D eigenvalue weighted by Gasteiger charge is 2.50. The van der Waals surface area contributed by atoms with Crippen LogP contribution in [0.25, 0.3) is 0 Å². The number of halogens is 1. The number of likely N-dealkylation sites (tertiary alicyclic amines) is 1. The van der Waals surface area contributed by atoms with E-state index in [0.717, 1.165) is 42.9 Å². The summed E-state index contributed by atoms with van der Waals surface area (Å²) >= 11 is 0. The molecule has 9 heteroatoms. The SMILES string of the molecule is COc1ccc(C2(C)NC(=O)N(NC(=O)CN3CCC(Cc4ccc(F)cc4)CC3)C2=O)cc1. The Morgan fingerprint density at radius 2 is 1.76 bits per heavy atom. The molecule has 180 valence electrons. The fourth-order valence-electron chi connectivity index (χ4n) is 4.53. The monoisotopic (exact) mass is 468 g/mol. The highest BCUT2D eigenvalue weighted by Crippen LogP contribution is 2.29. The van der Waals surface area contributed by atoms with Gasteiger partial charge in [0, 0.05) is 0 Å². The predicted octanol–water partition coefficient (Wildman–Crippen LogP) is 2.59. The second kappa shape index (κ2) is 9.80. The maximum absolute atomic E-state index is 13.1. The number of urea groups is 1. The third-order valence-corrected chi connectivity index (χ3v) is 6.61. The topological polar surface area (TPSA) is 91.0 Å². The first kappa shape index (κ1) is 23.7. The van der Waals surface area contributed by atoms with Gasteiger partial charge < -0.3 is 10.1 Å². The largest absolute Gasteiger partial charge is 0.497 e. The molecule has 0 aromatic heterocycles. The number of carbonyl (C=O) groups is 3. The molecule has 2 aliphatic heterocycles. The van der Waals surface area contributed by atoms with Gasteiger partial charge in [0.2, 0.25) is 0 Å². The molecular weight excluding hydrogens is 439 g/mol. The number of hydrogen-bond acceptors (Lipinski definition) is 5. The maximum atomic E-state index is 13.1. The zero-order valence-electron chi connectivity index (χ0n) is 19.3. The van der Waals surface area contributed by atoms with E-state index < -0.39 is 23.4 Å². The van der Waals surface area contributed by atoms with Crippen LogP contribution in [0.15, 0.2) is 48.5 Å². The number of nitrogens with one attached hydrogen (secondary N) is 2. The minimum atomic E-state index is -1.28. The van der Waals surface area contributed by atoms with E-state index in [2.05, 4.69) is 10.7 Å². The molecule has 0 aliphatic carbocycles. The van der Waals surface area contributed by atoms with Gasteiger partial charge in [0.15, 0.2) is 0 Å². The van der Waals surface area contributed by atoms with Gasteiger partial charge >= 0.3 is 6.03 Å². The number of ether oxygens (including phenoxy) is 1. The molecule has 0 saturated carbocycles. The number of rotatable bonds is 7. The molecule has 1 atom stereocenters. The molecule has 4 rings (SSSR count). The Kier molecular flexibility index (Phi) is 6.83. The Morgan fingerprint density at radius 3 is 2.38 bits per heavy atom. The number of nitrogens with zero attached hydrogens (tertiary/aromatic N) is 2. The highest BCUT2D eigenvalue weighted by molar-refractivity contribution is 6.08. The van der Waals surface area contributed by atoms with E-state index in [9.17, 15) is 18.8 Å². The summed E-state index contributed by atoms with van der Waals surface area (Å²) in [6.07, 6.45) is 2.72. The number of carbonyl (C=O) groups excluding carboxylic acids is 3. The van der Waals surface area contributed by atoms with Crippen LogP contribution in [0.2, 0.25) is 0 Å². The van der Waals surface area contributed by atoms with Crippen LogP contribution in [0.3, 0.4) is 0 Å². The van der Waals surface area contributed by atoms with Gasteiger partial charge in [-0.05, 0) is 80.6 Å². The Labute approximate surface area is 198 Å². The zero-order chi connectivity index (χ0) is 24.3. The minimum absolute atomic E-state index is 0.0968. The van der Waals surface area contributed by atoms with Gasteiger partial charge in [-0.3, -0.25) is 19.9 Å². The van der Waals surface area contributed by atoms with Gasteiger partial charge in [-0.1, -0.05) is 24.3 Å². The number of methoxy groups -OCH3 is 1. The predicted molar refractivity (Wildman–Crippen MR) is 123 cm³/mol. The molecular formula is C25H29FN4O4. The van der Waals surface area contributed by atoms with Crippen LogP contribution in [0.1, 0.15) is 30.9 Å². The van der Waals surface area contributed by atoms with Gasteiger partial charge in [-0.15, -0.1) is 0 Å². The van der Waals surface area contributed by atoms with Crippen LogP contribution in [-0.4, -0.2) is 54.5 Å². The first-order valence-electron chi connectivity index (χ1n) is 11.4. The lowest BCUT2D eigenvalue weighted by molar-refractivity contribution is -0.139. The third kappa shape index (κ3) is 5.04. The molecule has 2 aliphatic rings. The van der Waals surface area contributed by atoms with E-state index in [-0.39, 0.29) is 12.4 Å². The fourth-order valence-corrected chi connectivity index (χ4v) is 4.53. The van der Waals surface area contributed by atoms with Crippen LogP contribution in [-0.2, 0) is 21.5 Å². The quantitative estimate of drug-likeness (QED) is 0.610. The number of hydrazine groups is 1. The van der Waals surface area contributed by atoms with Crippen LogP contribution < -0.4 is 15.5 Å². The summed E-state index contributed by atoms with van der Waals surface area (Å²) in [6.45, 7) is 3.18. The van der Waals surface area contributed by atoms with Gasteiger partial charge in [-0.25, -0.2) is 9.18 Å². The first-order valence-corrected chi connectivity index (χ1v) is 11.4. The number of amides is 4. The van der Waals surface area contributed by atoms with E-state index in [1.54, 1.807) is 38.3 Å². The summed E-state index contributed by atoms with van der Waals surface area (Å²) in [4.78, 5) is 40.1. The number of benzene rings is 2. The van der Waals surface area contributed by atoms with Crippen LogP contribution in [0, 0.1) is 11.7 Å². The molecule has 2 fully saturated rings. The fraction of sp³-hybridized carbons (Fsp3) is 0.400. The van der Waals surface area contributed by atoms with Gasteiger partial charge in [0.25, 0.3) is 11.8 Å². The van der Waals surface area contributed by atoms with Crippen molar-refractivity contribution >= 4 is 17.8 Å². The number of imide groups is 1. The standard InChI is InChI=1S/C25H29FN4O4/c1-25(19-5-9-21(34-2)10-6-19)23(32)30(24(33)27-25)28-22(31)16-29-13-11-18(12-14-29)15-17-3-7-20(26)8-4-17/h3-10,18H,11-16H2,1-2H3,(H,27,33)(H,28,31). The first-order chi connectivity index (χ1) is 16.3. The van der Waals surface area contributed by atoms with E-state index >= 15 is 0 Å². The van der Waals surface area contributed by atoms with Crippen LogP contribution in [0.4, 0.5) is 9.18 Å². The second-order valence-corrected chi connectivity index (χ2v) is 9.01. The summed E-state index contributed by atoms with van der Waals surface area (Å²) in [6, 6.07) is 12.7. The van der Waals surface area contributed by atoms with Crippen molar-refractivity contribution in [3.63, 3.8) is 0 Å². The lowest BCUT2D eigenvalue weighted by atomic mass is 9.90. The molecule has 2 N–H and O–H groups in total. The van der Waals surface area contributed by atoms with E-state index in [1.807, 2.05) is 17.0 Å². The van der Waals surface area contributed by atoms with Crippen molar-refractivity contribution in [2.24, 2.45) is 5.92 Å². The number of piperidine rings is 1. The smallest absolute Gasteiger partial charge is 0.344 e. The van der Waals surface area contributed by atoms with Crippen molar-refractivity contribution in [2.75, 3.05) is 26.7 Å². The van der Waals surface area contributed by atoms with Crippen molar-refractivity contribution in [3.05, 3.63) is 65.5 Å². The van der Waals surface area contributed by atoms with Crippen LogP contribution in [0.5, 0.6) is 5.75 Å².